The molecule has 0 saturated carbocycles. The Morgan fingerprint density at radius 2 is 1.00 bits per heavy atom. The summed E-state index contributed by atoms with van der Waals surface area (Å²) in [7, 11) is 0. The first-order valence-electron chi connectivity index (χ1n) is 4.85. The van der Waals surface area contributed by atoms with Gasteiger partial charge in [0.2, 0.25) is 0 Å². The third kappa shape index (κ3) is 6.52. The van der Waals surface area contributed by atoms with E-state index in [-0.39, 0.29) is 53.7 Å². The fraction of sp³-hybridized carbons (Fsp3) is 0. The van der Waals surface area contributed by atoms with E-state index in [1.165, 1.54) is 24.3 Å². The van der Waals surface area contributed by atoms with Gasteiger partial charge >= 0.3 is 17.1 Å². The van der Waals surface area contributed by atoms with Gasteiger partial charge in [-0.3, -0.25) is 0 Å². The predicted molar refractivity (Wildman–Crippen MR) is 81.8 cm³/mol. The molecule has 0 heterocycles. The summed E-state index contributed by atoms with van der Waals surface area (Å²) in [5.41, 5.74) is 0. The maximum absolute atomic E-state index is 10.7. The molecule has 0 unspecified atom stereocenters. The Hall–Kier alpha value is 0.299. The molecule has 2 rings (SSSR count). The van der Waals surface area contributed by atoms with Crippen molar-refractivity contribution in [1.29, 1.82) is 0 Å². The largest absolute Gasteiger partial charge is 2.00 e. The smallest absolute Gasteiger partial charge is 0.872 e. The first-order chi connectivity index (χ1) is 9.22. The van der Waals surface area contributed by atoms with Crippen LogP contribution in [0.1, 0.15) is 0 Å². The van der Waals surface area contributed by atoms with Crippen LogP contribution >= 0.6 is 69.6 Å². The third-order valence-corrected chi connectivity index (χ3v) is 4.15. The molecule has 0 saturated heterocycles. The standard InChI is InChI=1S/2C6H3Cl3O.Cu/c7-3-1-5(9)6(10)2-4(3)8;7-4-1-3(10)2-5(8)6(4)9;/h2*1-2,10H;/q;;+2/p-2. The van der Waals surface area contributed by atoms with E-state index >= 15 is 0 Å². The van der Waals surface area contributed by atoms with Crippen molar-refractivity contribution in [3.63, 3.8) is 0 Å². The monoisotopic (exact) mass is 453 g/mol. The van der Waals surface area contributed by atoms with Crippen LogP contribution in [-0.4, -0.2) is 0 Å². The Kier molecular flexibility index (Phi) is 9.58. The zero-order valence-electron chi connectivity index (χ0n) is 9.70. The van der Waals surface area contributed by atoms with Crippen LogP contribution in [0.4, 0.5) is 0 Å². The van der Waals surface area contributed by atoms with Gasteiger partial charge in [-0.05, 0) is 24.3 Å². The molecule has 0 atom stereocenters. The van der Waals surface area contributed by atoms with Crippen molar-refractivity contribution >= 4 is 69.6 Å². The summed E-state index contributed by atoms with van der Waals surface area (Å²) in [5, 5.41) is 22.6. The molecule has 21 heavy (non-hydrogen) atoms. The van der Waals surface area contributed by atoms with Gasteiger partial charge in [0.25, 0.3) is 0 Å². The van der Waals surface area contributed by atoms with Gasteiger partial charge in [0, 0.05) is 5.02 Å². The van der Waals surface area contributed by atoms with E-state index in [4.69, 9.17) is 69.6 Å². The van der Waals surface area contributed by atoms with Crippen molar-refractivity contribution in [2.75, 3.05) is 0 Å². The van der Waals surface area contributed by atoms with E-state index < -0.39 is 0 Å². The van der Waals surface area contributed by atoms with Crippen LogP contribution in [0.3, 0.4) is 0 Å². The molecule has 0 bridgehead atoms. The Bertz CT molecular complexity index is 562. The van der Waals surface area contributed by atoms with E-state index in [2.05, 4.69) is 0 Å². The van der Waals surface area contributed by atoms with Crippen molar-refractivity contribution < 1.29 is 27.3 Å². The van der Waals surface area contributed by atoms with Gasteiger partial charge in [0.1, 0.15) is 0 Å². The summed E-state index contributed by atoms with van der Waals surface area (Å²) in [6, 6.07) is 4.95. The quantitative estimate of drug-likeness (QED) is 0.301. The average molecular weight is 456 g/mol. The topological polar surface area (TPSA) is 46.1 Å². The number of hydrogen-bond acceptors (Lipinski definition) is 2. The van der Waals surface area contributed by atoms with Crippen LogP contribution in [0.5, 0.6) is 11.5 Å². The van der Waals surface area contributed by atoms with Crippen LogP contribution in [0.2, 0.25) is 30.1 Å². The van der Waals surface area contributed by atoms with E-state index in [1.54, 1.807) is 0 Å². The number of benzene rings is 2. The summed E-state index contributed by atoms with van der Waals surface area (Å²) >= 11 is 33.0. The fourth-order valence-corrected chi connectivity index (χ4v) is 2.15. The van der Waals surface area contributed by atoms with Gasteiger partial charge in [0.05, 0.1) is 25.1 Å². The minimum atomic E-state index is -0.309. The minimum absolute atomic E-state index is 0. The first kappa shape index (κ1) is 21.3. The molecule has 9 heteroatoms. The molecule has 2 aromatic rings. The molecule has 0 aromatic heterocycles. The van der Waals surface area contributed by atoms with Crippen molar-refractivity contribution in [3.8, 4) is 11.5 Å². The number of hydrogen-bond donors (Lipinski definition) is 0. The maximum atomic E-state index is 10.7. The van der Waals surface area contributed by atoms with Crippen LogP contribution in [0.15, 0.2) is 24.3 Å². The van der Waals surface area contributed by atoms with Crippen molar-refractivity contribution in [2.24, 2.45) is 0 Å². The molecular formula is C12H4Cl6CuO2. The summed E-state index contributed by atoms with van der Waals surface area (Å²) < 4.78 is 0. The molecule has 117 valence electrons. The summed E-state index contributed by atoms with van der Waals surface area (Å²) in [6.45, 7) is 0. The SMILES string of the molecule is [Cu+2].[O-]c1cc(Cl)c(Cl)c(Cl)c1.[O-]c1cc(Cl)c(Cl)cc1Cl. The molecule has 0 fully saturated rings. The van der Waals surface area contributed by atoms with E-state index in [1.807, 2.05) is 0 Å². The van der Waals surface area contributed by atoms with Gasteiger partial charge in [-0.25, -0.2) is 0 Å². The predicted octanol–water partition coefficient (Wildman–Crippen LogP) is 5.44. The van der Waals surface area contributed by atoms with Crippen LogP contribution in [-0.2, 0) is 17.1 Å². The summed E-state index contributed by atoms with van der Waals surface area (Å²) in [4.78, 5) is 0. The first-order valence-corrected chi connectivity index (χ1v) is 7.12. The second-order valence-corrected chi connectivity index (χ2v) is 5.81. The summed E-state index contributed by atoms with van der Waals surface area (Å²) in [6.07, 6.45) is 0. The Balaban J connectivity index is 0.000000364. The molecule has 0 aliphatic carbocycles. The van der Waals surface area contributed by atoms with Gasteiger partial charge in [0.15, 0.2) is 0 Å². The Morgan fingerprint density at radius 3 is 1.43 bits per heavy atom. The van der Waals surface area contributed by atoms with E-state index in [0.29, 0.717) is 5.02 Å². The van der Waals surface area contributed by atoms with Crippen molar-refractivity contribution in [1.82, 2.24) is 0 Å². The molecule has 0 spiro atoms. The zero-order valence-corrected chi connectivity index (χ0v) is 15.2. The summed E-state index contributed by atoms with van der Waals surface area (Å²) in [5.74, 6) is -0.546. The molecule has 1 radical (unpaired) electrons. The second-order valence-electron chi connectivity index (χ2n) is 3.40. The minimum Gasteiger partial charge on any atom is -0.872 e. The Labute approximate surface area is 161 Å². The van der Waals surface area contributed by atoms with E-state index in [0.717, 1.165) is 0 Å². The van der Waals surface area contributed by atoms with Gasteiger partial charge in [-0.15, -0.1) is 5.75 Å². The Morgan fingerprint density at radius 1 is 0.571 bits per heavy atom. The normalized spacial score (nSPS) is 9.43. The molecule has 0 aliphatic heterocycles. The van der Waals surface area contributed by atoms with Crippen molar-refractivity contribution in [2.45, 2.75) is 0 Å². The number of rotatable bonds is 0. The number of halogens is 6. The molecule has 0 amide bonds. The third-order valence-electron chi connectivity index (χ3n) is 1.93. The zero-order chi connectivity index (χ0) is 15.4. The van der Waals surface area contributed by atoms with Gasteiger partial charge < -0.3 is 10.2 Å². The molecule has 2 nitrogen and oxygen atoms in total. The fourth-order valence-electron chi connectivity index (χ4n) is 1.04. The molecule has 0 N–H and O–H groups in total. The molecule has 2 aromatic carbocycles. The molecular weight excluding hydrogens is 452 g/mol. The molecule has 0 aliphatic rings. The van der Waals surface area contributed by atoms with E-state index in [9.17, 15) is 10.2 Å². The second kappa shape index (κ2) is 9.44. The average Bonchev–Trinajstić information content (AvgIpc) is 2.34. The van der Waals surface area contributed by atoms with Gasteiger partial charge in [-0.1, -0.05) is 75.4 Å². The van der Waals surface area contributed by atoms with Crippen LogP contribution < -0.4 is 10.2 Å². The maximum Gasteiger partial charge on any atom is 2.00 e. The van der Waals surface area contributed by atoms with Crippen LogP contribution in [0, 0.1) is 0 Å². The van der Waals surface area contributed by atoms with Crippen LogP contribution in [0.25, 0.3) is 0 Å². The van der Waals surface area contributed by atoms with Crippen molar-refractivity contribution in [3.05, 3.63) is 54.4 Å². The van der Waals surface area contributed by atoms with Gasteiger partial charge in [-0.2, -0.15) is 0 Å².